The molecule has 6 rings (SSSR count). The number of carbonyl (C=O) groups is 3. The normalized spacial score (nSPS) is 16.1. The number of anilines is 1. The molecular formula is C46H56ClN5O5S. The fraction of sp³-hybridized carbons (Fsp3) is 0.413. The summed E-state index contributed by atoms with van der Waals surface area (Å²) in [6, 6.07) is 31.0. The quantitative estimate of drug-likeness (QED) is 0.129. The van der Waals surface area contributed by atoms with E-state index in [4.69, 9.17) is 21.1 Å². The second-order valence-electron chi connectivity index (χ2n) is 16.0. The Morgan fingerprint density at radius 3 is 2.26 bits per heavy atom. The number of piperazine rings is 1. The molecule has 0 saturated carbocycles. The Labute approximate surface area is 352 Å². The number of likely N-dealkylation sites (tertiary alicyclic amines) is 1. The zero-order valence-electron chi connectivity index (χ0n) is 34.0. The van der Waals surface area contributed by atoms with Gasteiger partial charge in [0, 0.05) is 54.9 Å². The number of alkyl carbamates (subject to hydrolysis) is 1. The molecule has 1 atom stereocenters. The maximum atomic E-state index is 14.3. The van der Waals surface area contributed by atoms with E-state index >= 15 is 0 Å². The fourth-order valence-electron chi connectivity index (χ4n) is 7.70. The second-order valence-corrected chi connectivity index (χ2v) is 17.3. The topological polar surface area (TPSA) is 103 Å². The summed E-state index contributed by atoms with van der Waals surface area (Å²) in [6.45, 7) is 11.6. The summed E-state index contributed by atoms with van der Waals surface area (Å²) < 4.78 is 11.1. The first kappa shape index (κ1) is 43.0. The summed E-state index contributed by atoms with van der Waals surface area (Å²) in [6.07, 6.45) is 3.32. The van der Waals surface area contributed by atoms with Gasteiger partial charge in [-0.1, -0.05) is 78.3 Å². The Morgan fingerprint density at radius 2 is 1.53 bits per heavy atom. The van der Waals surface area contributed by atoms with Crippen molar-refractivity contribution in [1.82, 2.24) is 20.0 Å². The lowest BCUT2D eigenvalue weighted by Gasteiger charge is -2.40. The number of nitrogens with zero attached hydrogens (tertiary/aromatic N) is 3. The van der Waals surface area contributed by atoms with Crippen LogP contribution in [0, 0.1) is 5.92 Å². The predicted molar refractivity (Wildman–Crippen MR) is 233 cm³/mol. The number of carbonyl (C=O) groups excluding carboxylic acids is 3. The van der Waals surface area contributed by atoms with Gasteiger partial charge >= 0.3 is 12.2 Å². The third-order valence-electron chi connectivity index (χ3n) is 10.7. The van der Waals surface area contributed by atoms with Crippen molar-refractivity contribution in [2.24, 2.45) is 5.92 Å². The lowest BCUT2D eigenvalue weighted by Crippen LogP contribution is -2.58. The number of thioether (sulfide) groups is 1. The highest BCUT2D eigenvalue weighted by atomic mass is 35.5. The number of piperidine rings is 1. The minimum absolute atomic E-state index is 0.0264. The average molecular weight is 827 g/mol. The van der Waals surface area contributed by atoms with Crippen LogP contribution in [0.5, 0.6) is 0 Å². The van der Waals surface area contributed by atoms with Gasteiger partial charge in [0.05, 0.1) is 0 Å². The highest BCUT2D eigenvalue weighted by Crippen LogP contribution is 2.31. The highest BCUT2D eigenvalue weighted by molar-refractivity contribution is 7.98. The molecule has 58 heavy (non-hydrogen) atoms. The van der Waals surface area contributed by atoms with E-state index in [1.165, 1.54) is 10.5 Å². The fourth-order valence-corrected chi connectivity index (χ4v) is 8.50. The van der Waals surface area contributed by atoms with Crippen molar-refractivity contribution in [3.63, 3.8) is 0 Å². The summed E-state index contributed by atoms with van der Waals surface area (Å²) in [5, 5.41) is 6.53. The molecule has 2 aliphatic rings. The molecule has 2 N–H and O–H groups in total. The van der Waals surface area contributed by atoms with Gasteiger partial charge in [-0.15, -0.1) is 11.8 Å². The monoisotopic (exact) mass is 825 g/mol. The highest BCUT2D eigenvalue weighted by Gasteiger charge is 2.36. The van der Waals surface area contributed by atoms with Gasteiger partial charge in [0.15, 0.2) is 0 Å². The summed E-state index contributed by atoms with van der Waals surface area (Å²) in [5.41, 5.74) is 5.36. The largest absolute Gasteiger partial charge is 0.445 e. The lowest BCUT2D eigenvalue weighted by molar-refractivity contribution is -0.137. The van der Waals surface area contributed by atoms with Crippen molar-refractivity contribution in [2.75, 3.05) is 57.4 Å². The van der Waals surface area contributed by atoms with Gasteiger partial charge in [-0.05, 0) is 123 Å². The van der Waals surface area contributed by atoms with E-state index < -0.39 is 23.8 Å². The first-order chi connectivity index (χ1) is 27.9. The molecule has 10 nitrogen and oxygen atoms in total. The minimum atomic E-state index is -0.671. The van der Waals surface area contributed by atoms with E-state index in [1.54, 1.807) is 11.8 Å². The number of hydrogen-bond acceptors (Lipinski definition) is 8. The van der Waals surface area contributed by atoms with Gasteiger partial charge in [-0.25, -0.2) is 9.59 Å². The summed E-state index contributed by atoms with van der Waals surface area (Å²) in [5.74, 6) is -0.0623. The van der Waals surface area contributed by atoms with Gasteiger partial charge in [-0.2, -0.15) is 0 Å². The van der Waals surface area contributed by atoms with Crippen molar-refractivity contribution >= 4 is 47.1 Å². The van der Waals surface area contributed by atoms with Crippen LogP contribution in [0.25, 0.3) is 11.1 Å². The van der Waals surface area contributed by atoms with E-state index in [2.05, 4.69) is 51.0 Å². The number of hydrogen-bond donors (Lipinski definition) is 2. The molecule has 2 heterocycles. The molecule has 4 aromatic rings. The van der Waals surface area contributed by atoms with Crippen LogP contribution in [-0.4, -0.2) is 96.5 Å². The van der Waals surface area contributed by atoms with Crippen LogP contribution in [0.15, 0.2) is 102 Å². The number of rotatable bonds is 13. The summed E-state index contributed by atoms with van der Waals surface area (Å²) >= 11 is 8.27. The maximum Gasteiger partial charge on any atom is 0.412 e. The SMILES string of the molecule is CSc1ccccc1CN1CCN(C(=O)[C@H](NC(=O)OCc2ccccc2)C2CCN(CCc3cc(Cl)ccc3-c3cccc(NC(=O)OC(C)(C)C)c3)CC2)CC1. The smallest absolute Gasteiger partial charge is 0.412 e. The van der Waals surface area contributed by atoms with Crippen molar-refractivity contribution in [3.05, 3.63) is 119 Å². The minimum Gasteiger partial charge on any atom is -0.445 e. The van der Waals surface area contributed by atoms with Crippen LogP contribution >= 0.6 is 23.4 Å². The predicted octanol–water partition coefficient (Wildman–Crippen LogP) is 8.97. The van der Waals surface area contributed by atoms with Gasteiger partial charge < -0.3 is 24.6 Å². The molecule has 2 fully saturated rings. The van der Waals surface area contributed by atoms with Crippen LogP contribution < -0.4 is 10.6 Å². The van der Waals surface area contributed by atoms with Gasteiger partial charge in [0.25, 0.3) is 0 Å². The molecule has 4 aromatic carbocycles. The molecule has 0 bridgehead atoms. The number of halogens is 1. The first-order valence-corrected chi connectivity index (χ1v) is 21.8. The molecule has 0 radical (unpaired) electrons. The van der Waals surface area contributed by atoms with Crippen LogP contribution in [0.3, 0.4) is 0 Å². The zero-order valence-corrected chi connectivity index (χ0v) is 35.6. The third-order valence-corrected chi connectivity index (χ3v) is 11.8. The Hall–Kier alpha value is -4.55. The van der Waals surface area contributed by atoms with E-state index in [-0.39, 0.29) is 18.4 Å². The lowest BCUT2D eigenvalue weighted by atomic mass is 9.88. The number of nitrogens with one attached hydrogen (secondary N) is 2. The number of ether oxygens (including phenoxy) is 2. The average Bonchev–Trinajstić information content (AvgIpc) is 3.21. The second kappa shape index (κ2) is 20.4. The summed E-state index contributed by atoms with van der Waals surface area (Å²) in [7, 11) is 0. The molecule has 0 aliphatic carbocycles. The van der Waals surface area contributed by atoms with Crippen LogP contribution in [0.4, 0.5) is 15.3 Å². The van der Waals surface area contributed by atoms with E-state index in [0.29, 0.717) is 23.8 Å². The van der Waals surface area contributed by atoms with Crippen molar-refractivity contribution < 1.29 is 23.9 Å². The standard InChI is InChI=1S/C46H56ClN5O5S/c1-46(2,3)57-45(55)48-39-15-10-14-35(30-39)40-18-17-38(47)29-36(40)21-24-50-22-19-34(20-23-50)42(49-44(54)56-32-33-11-6-5-7-12-33)43(53)52-27-25-51(26-28-52)31-37-13-8-9-16-41(37)58-4/h5-18,29-30,34,42H,19-28,31-32H2,1-4H3,(H,48,55)(H,49,54)/t42-/m1/s1. The Kier molecular flexibility index (Phi) is 15.2. The first-order valence-electron chi connectivity index (χ1n) is 20.2. The molecule has 0 spiro atoms. The number of benzene rings is 4. The third kappa shape index (κ3) is 12.5. The van der Waals surface area contributed by atoms with E-state index in [0.717, 1.165) is 80.8 Å². The Balaban J connectivity index is 1.07. The van der Waals surface area contributed by atoms with Crippen LogP contribution in [-0.2, 0) is 33.8 Å². The van der Waals surface area contributed by atoms with Gasteiger partial charge in [0.1, 0.15) is 18.2 Å². The molecule has 12 heteroatoms. The molecule has 2 saturated heterocycles. The van der Waals surface area contributed by atoms with E-state index in [1.807, 2.05) is 98.5 Å². The molecule has 308 valence electrons. The summed E-state index contributed by atoms with van der Waals surface area (Å²) in [4.78, 5) is 48.0. The maximum absolute atomic E-state index is 14.3. The zero-order chi connectivity index (χ0) is 41.1. The van der Waals surface area contributed by atoms with E-state index in [9.17, 15) is 14.4 Å². The van der Waals surface area contributed by atoms with Crippen molar-refractivity contribution in [2.45, 2.75) is 69.7 Å². The molecular weight excluding hydrogens is 770 g/mol. The molecule has 3 amide bonds. The molecule has 2 aliphatic heterocycles. The Morgan fingerprint density at radius 1 is 0.810 bits per heavy atom. The van der Waals surface area contributed by atoms with Crippen LogP contribution in [0.1, 0.15) is 50.3 Å². The number of amides is 3. The van der Waals surface area contributed by atoms with Crippen molar-refractivity contribution in [1.29, 1.82) is 0 Å². The molecule has 0 aromatic heterocycles. The van der Waals surface area contributed by atoms with Gasteiger partial charge in [-0.3, -0.25) is 15.0 Å². The molecule has 0 unspecified atom stereocenters. The van der Waals surface area contributed by atoms with Gasteiger partial charge in [0.2, 0.25) is 5.91 Å². The van der Waals surface area contributed by atoms with Crippen LogP contribution in [0.2, 0.25) is 5.02 Å². The van der Waals surface area contributed by atoms with Crippen molar-refractivity contribution in [3.8, 4) is 11.1 Å². The Bertz CT molecular complexity index is 1990.